The topological polar surface area (TPSA) is 177 Å². The Morgan fingerprint density at radius 2 is 1.20 bits per heavy atom. The zero-order valence-corrected chi connectivity index (χ0v) is 25.6. The van der Waals surface area contributed by atoms with Crippen molar-refractivity contribution in [1.29, 1.82) is 0 Å². The molecule has 13 nitrogen and oxygen atoms in total. The molecular weight excluding hydrogens is 562 g/mol. The number of H-pyrrole nitrogens is 1. The van der Waals surface area contributed by atoms with Crippen LogP contribution in [0.5, 0.6) is 0 Å². The van der Waals surface area contributed by atoms with Crippen molar-refractivity contribution in [2.24, 2.45) is 0 Å². The molecule has 0 radical (unpaired) electrons. The zero-order valence-electron chi connectivity index (χ0n) is 25.6. The monoisotopic (exact) mass is 599 g/mol. The summed E-state index contributed by atoms with van der Waals surface area (Å²) in [6, 6.07) is 15.5. The smallest absolute Gasteiger partial charge is 0.270 e. The van der Waals surface area contributed by atoms with Crippen LogP contribution in [-0.4, -0.2) is 39.6 Å². The lowest BCUT2D eigenvalue weighted by molar-refractivity contribution is -0.384. The van der Waals surface area contributed by atoms with Crippen LogP contribution in [0, 0.1) is 20.2 Å². The second-order valence-corrected chi connectivity index (χ2v) is 9.98. The van der Waals surface area contributed by atoms with E-state index in [0.717, 1.165) is 76.9 Å². The molecule has 0 amide bonds. The fourth-order valence-electron chi connectivity index (χ4n) is 5.05. The van der Waals surface area contributed by atoms with E-state index >= 15 is 0 Å². The lowest BCUT2D eigenvalue weighted by Crippen LogP contribution is -1.96. The highest BCUT2D eigenvalue weighted by molar-refractivity contribution is 5.86. The van der Waals surface area contributed by atoms with E-state index in [1.807, 2.05) is 48.3 Å². The molecule has 0 saturated heterocycles. The lowest BCUT2D eigenvalue weighted by Gasteiger charge is -1.97. The number of nitrogen functional groups attached to an aromatic ring is 1. The van der Waals surface area contributed by atoms with E-state index in [4.69, 9.17) is 5.73 Å². The number of benzene rings is 3. The highest BCUT2D eigenvalue weighted by atomic mass is 16.6. The maximum absolute atomic E-state index is 10.7. The predicted molar refractivity (Wildman–Crippen MR) is 173 cm³/mol. The fourth-order valence-corrected chi connectivity index (χ4v) is 5.05. The summed E-state index contributed by atoms with van der Waals surface area (Å²) in [6.07, 6.45) is 2.52. The van der Waals surface area contributed by atoms with Gasteiger partial charge in [-0.1, -0.05) is 20.8 Å². The SMILES string of the molecule is CCc1[nH]nc2ccc([N+](=O)[O-])cc12.CCc1nn(CC)c2ccc(N)cc12.CCc1nn(CC)c2ccc([N+](=O)[O-])cc12. The van der Waals surface area contributed by atoms with Crippen LogP contribution in [0.2, 0.25) is 0 Å². The summed E-state index contributed by atoms with van der Waals surface area (Å²) in [5.41, 5.74) is 12.7. The Hall–Kier alpha value is -5.33. The van der Waals surface area contributed by atoms with E-state index < -0.39 is 4.92 Å². The molecule has 0 unspecified atom stereocenters. The molecule has 0 fully saturated rings. The maximum Gasteiger partial charge on any atom is 0.270 e. The van der Waals surface area contributed by atoms with Gasteiger partial charge in [-0.05, 0) is 63.4 Å². The summed E-state index contributed by atoms with van der Waals surface area (Å²) in [7, 11) is 0. The molecule has 3 heterocycles. The van der Waals surface area contributed by atoms with E-state index in [-0.39, 0.29) is 16.3 Å². The van der Waals surface area contributed by atoms with Crippen LogP contribution in [0.4, 0.5) is 17.1 Å². The van der Waals surface area contributed by atoms with Crippen molar-refractivity contribution < 1.29 is 9.85 Å². The summed E-state index contributed by atoms with van der Waals surface area (Å²) < 4.78 is 3.89. The van der Waals surface area contributed by atoms with Gasteiger partial charge in [-0.25, -0.2) is 0 Å². The third kappa shape index (κ3) is 6.51. The lowest BCUT2D eigenvalue weighted by atomic mass is 10.1. The number of fused-ring (bicyclic) bond motifs is 3. The fraction of sp³-hybridized carbons (Fsp3) is 0.323. The number of hydrogen-bond acceptors (Lipinski definition) is 8. The van der Waals surface area contributed by atoms with Gasteiger partial charge in [-0.2, -0.15) is 15.3 Å². The first kappa shape index (κ1) is 31.6. The molecule has 0 aliphatic heterocycles. The molecular formula is C31H37N9O4. The van der Waals surface area contributed by atoms with Gasteiger partial charge >= 0.3 is 0 Å². The normalized spacial score (nSPS) is 10.8. The zero-order chi connectivity index (χ0) is 32.0. The van der Waals surface area contributed by atoms with Gasteiger partial charge in [0.1, 0.15) is 0 Å². The standard InChI is InChI=1S/C11H13N3O2.C11H15N3.C9H9N3O2/c1-3-10-9-7-8(14(15)16)5-6-11(9)13(4-2)12-10;1-3-10-9-7-8(12)5-6-11(9)14(4-2)13-10;1-2-8-7-5-6(12(13)14)3-4-9(7)11-10-8/h5-7H,3-4H2,1-2H3;5-7H,3-4,12H2,1-2H3;3-5H,2H2,1H3,(H,10,11). The summed E-state index contributed by atoms with van der Waals surface area (Å²) in [5, 5.41) is 40.0. The molecule has 13 heteroatoms. The second kappa shape index (κ2) is 13.8. The predicted octanol–water partition coefficient (Wildman–Crippen LogP) is 6.76. The molecule has 0 bridgehead atoms. The molecule has 6 aromatic rings. The Balaban J connectivity index is 0.000000151. The van der Waals surface area contributed by atoms with E-state index in [0.29, 0.717) is 0 Å². The van der Waals surface area contributed by atoms with E-state index in [2.05, 4.69) is 34.2 Å². The Labute approximate surface area is 254 Å². The number of nitro groups is 2. The Morgan fingerprint density at radius 3 is 1.70 bits per heavy atom. The number of aromatic amines is 1. The Morgan fingerprint density at radius 1 is 0.705 bits per heavy atom. The summed E-state index contributed by atoms with van der Waals surface area (Å²) >= 11 is 0. The first-order chi connectivity index (χ1) is 21.1. The second-order valence-electron chi connectivity index (χ2n) is 9.98. The summed E-state index contributed by atoms with van der Waals surface area (Å²) in [5.74, 6) is 0. The molecule has 0 aliphatic rings. The van der Waals surface area contributed by atoms with Crippen molar-refractivity contribution in [2.75, 3.05) is 5.73 Å². The number of anilines is 1. The first-order valence-corrected chi connectivity index (χ1v) is 14.7. The average Bonchev–Trinajstić information content (AvgIpc) is 3.73. The largest absolute Gasteiger partial charge is 0.399 e. The quantitative estimate of drug-likeness (QED) is 0.115. The van der Waals surface area contributed by atoms with Crippen LogP contribution in [0.3, 0.4) is 0 Å². The number of aryl methyl sites for hydroxylation is 5. The highest BCUT2D eigenvalue weighted by Gasteiger charge is 2.13. The van der Waals surface area contributed by atoms with Gasteiger partial charge < -0.3 is 5.73 Å². The molecule has 0 atom stereocenters. The third-order valence-corrected chi connectivity index (χ3v) is 7.32. The van der Waals surface area contributed by atoms with Gasteiger partial charge in [-0.15, -0.1) is 0 Å². The van der Waals surface area contributed by atoms with E-state index in [1.165, 1.54) is 23.0 Å². The van der Waals surface area contributed by atoms with Crippen LogP contribution in [-0.2, 0) is 32.4 Å². The van der Waals surface area contributed by atoms with Gasteiger partial charge in [-0.3, -0.25) is 34.7 Å². The van der Waals surface area contributed by atoms with Crippen molar-refractivity contribution in [1.82, 2.24) is 29.8 Å². The molecule has 0 aliphatic carbocycles. The minimum absolute atomic E-state index is 0.105. The molecule has 3 aromatic carbocycles. The van der Waals surface area contributed by atoms with Crippen molar-refractivity contribution in [3.8, 4) is 0 Å². The molecule has 44 heavy (non-hydrogen) atoms. The number of nitrogens with zero attached hydrogens (tertiary/aromatic N) is 7. The minimum Gasteiger partial charge on any atom is -0.399 e. The molecule has 0 spiro atoms. The minimum atomic E-state index is -0.397. The van der Waals surface area contributed by atoms with Gasteiger partial charge in [0.2, 0.25) is 0 Å². The van der Waals surface area contributed by atoms with Gasteiger partial charge in [0.15, 0.2) is 0 Å². The highest BCUT2D eigenvalue weighted by Crippen LogP contribution is 2.25. The number of aromatic nitrogens is 6. The van der Waals surface area contributed by atoms with E-state index in [9.17, 15) is 20.2 Å². The van der Waals surface area contributed by atoms with Crippen LogP contribution in [0.25, 0.3) is 32.7 Å². The number of non-ortho nitro benzene ring substituents is 2. The van der Waals surface area contributed by atoms with Crippen LogP contribution in [0.15, 0.2) is 54.6 Å². The number of nitrogens with one attached hydrogen (secondary N) is 1. The number of nitro benzene ring substituents is 2. The molecule has 6 rings (SSSR count). The van der Waals surface area contributed by atoms with Gasteiger partial charge in [0.25, 0.3) is 11.4 Å². The van der Waals surface area contributed by atoms with Gasteiger partial charge in [0, 0.05) is 64.9 Å². The third-order valence-electron chi connectivity index (χ3n) is 7.32. The first-order valence-electron chi connectivity index (χ1n) is 14.7. The van der Waals surface area contributed by atoms with Crippen molar-refractivity contribution in [2.45, 2.75) is 67.0 Å². The molecule has 230 valence electrons. The summed E-state index contributed by atoms with van der Waals surface area (Å²) in [6.45, 7) is 11.9. The van der Waals surface area contributed by atoms with Crippen LogP contribution >= 0.6 is 0 Å². The number of hydrogen-bond donors (Lipinski definition) is 2. The average molecular weight is 600 g/mol. The Kier molecular flexibility index (Phi) is 9.88. The van der Waals surface area contributed by atoms with Crippen molar-refractivity contribution in [3.05, 3.63) is 91.9 Å². The molecule has 3 aromatic heterocycles. The molecule has 0 saturated carbocycles. The van der Waals surface area contributed by atoms with Crippen LogP contribution in [0.1, 0.15) is 51.7 Å². The van der Waals surface area contributed by atoms with Crippen molar-refractivity contribution in [3.63, 3.8) is 0 Å². The summed E-state index contributed by atoms with van der Waals surface area (Å²) in [4.78, 5) is 20.5. The van der Waals surface area contributed by atoms with Crippen LogP contribution < -0.4 is 5.73 Å². The molecule has 3 N–H and O–H groups in total. The number of nitrogens with two attached hydrogens (primary N) is 1. The number of rotatable bonds is 7. The Bertz CT molecular complexity index is 1940. The maximum atomic E-state index is 10.7. The van der Waals surface area contributed by atoms with Gasteiger partial charge in [0.05, 0.1) is 37.8 Å². The van der Waals surface area contributed by atoms with E-state index in [1.54, 1.807) is 24.3 Å². The van der Waals surface area contributed by atoms with Crippen molar-refractivity contribution >= 4 is 49.8 Å².